The van der Waals surface area contributed by atoms with Crippen molar-refractivity contribution in [3.8, 4) is 17.0 Å². The molecule has 0 amide bonds. The number of benzene rings is 1. The van der Waals surface area contributed by atoms with Crippen LogP contribution in [0.5, 0.6) is 5.88 Å². The van der Waals surface area contributed by atoms with Crippen LogP contribution >= 0.6 is 0 Å². The van der Waals surface area contributed by atoms with Crippen molar-refractivity contribution >= 4 is 9.84 Å². The van der Waals surface area contributed by atoms with Gasteiger partial charge in [-0.25, -0.2) is 13.4 Å². The quantitative estimate of drug-likeness (QED) is 0.796. The molecule has 2 aromatic rings. The van der Waals surface area contributed by atoms with Crippen molar-refractivity contribution in [1.82, 2.24) is 4.98 Å². The Bertz CT molecular complexity index is 905. The van der Waals surface area contributed by atoms with E-state index in [1.807, 2.05) is 0 Å². The highest BCUT2D eigenvalue weighted by Crippen LogP contribution is 2.43. The van der Waals surface area contributed by atoms with Crippen molar-refractivity contribution in [2.45, 2.75) is 36.9 Å². The number of hydrogen-bond acceptors (Lipinski definition) is 5. The van der Waals surface area contributed by atoms with Crippen LogP contribution < -0.4 is 4.74 Å². The summed E-state index contributed by atoms with van der Waals surface area (Å²) in [4.78, 5) is 2.99. The normalized spacial score (nSPS) is 12.9. The molecule has 0 saturated heterocycles. The highest BCUT2D eigenvalue weighted by atomic mass is 32.2. The predicted molar refractivity (Wildman–Crippen MR) is 94.2 cm³/mol. The van der Waals surface area contributed by atoms with Gasteiger partial charge in [0.25, 0.3) is 0 Å². The molecule has 1 heterocycles. The van der Waals surface area contributed by atoms with E-state index in [2.05, 4.69) is 4.98 Å². The summed E-state index contributed by atoms with van der Waals surface area (Å²) in [5.41, 5.74) is -2.66. The van der Waals surface area contributed by atoms with E-state index in [9.17, 15) is 26.7 Å². The van der Waals surface area contributed by atoms with E-state index < -0.39 is 43.5 Å². The number of aliphatic hydroxyl groups is 1. The Balaban J connectivity index is 2.71. The summed E-state index contributed by atoms with van der Waals surface area (Å²) < 4.78 is 70.7. The third kappa shape index (κ3) is 5.43. The molecule has 5 nitrogen and oxygen atoms in total. The van der Waals surface area contributed by atoms with E-state index in [-0.39, 0.29) is 18.6 Å². The minimum Gasteiger partial charge on any atom is -0.477 e. The molecule has 0 unspecified atom stereocenters. The van der Waals surface area contributed by atoms with Crippen LogP contribution in [0.15, 0.2) is 41.4 Å². The van der Waals surface area contributed by atoms with E-state index in [0.717, 1.165) is 6.26 Å². The Morgan fingerprint density at radius 3 is 2.22 bits per heavy atom. The number of pyridine rings is 1. The van der Waals surface area contributed by atoms with Crippen LogP contribution in [0.4, 0.5) is 13.2 Å². The highest BCUT2D eigenvalue weighted by molar-refractivity contribution is 7.91. The molecular formula is C18H20F3NO4S. The summed E-state index contributed by atoms with van der Waals surface area (Å²) in [6.45, 7) is 2.95. The molecular weight excluding hydrogens is 383 g/mol. The fraction of sp³-hybridized carbons (Fsp3) is 0.389. The van der Waals surface area contributed by atoms with Crippen LogP contribution in [-0.4, -0.2) is 37.0 Å². The first-order valence-corrected chi connectivity index (χ1v) is 9.91. The van der Waals surface area contributed by atoms with Crippen molar-refractivity contribution in [1.29, 1.82) is 0 Å². The SMILES string of the molecule is CC(C)(O)CCOc1ncc(C(F)(F)F)c(-c2ccccc2)c1S(C)(=O)=O. The van der Waals surface area contributed by atoms with Gasteiger partial charge in [0.05, 0.1) is 17.8 Å². The van der Waals surface area contributed by atoms with Crippen molar-refractivity contribution in [2.75, 3.05) is 12.9 Å². The first kappa shape index (κ1) is 21.2. The standard InChI is InChI=1S/C18H20F3NO4S/c1-17(2,23)9-10-26-16-15(27(3,24)25)14(12-7-5-4-6-8-12)13(11-22-16)18(19,20)21/h4-8,11,23H,9-10H2,1-3H3. The lowest BCUT2D eigenvalue weighted by molar-refractivity contribution is -0.137. The van der Waals surface area contributed by atoms with E-state index >= 15 is 0 Å². The third-order valence-electron chi connectivity index (χ3n) is 3.69. The lowest BCUT2D eigenvalue weighted by Crippen LogP contribution is -2.22. The molecule has 0 aliphatic rings. The number of ether oxygens (including phenoxy) is 1. The Kier molecular flexibility index (Phi) is 5.86. The zero-order valence-corrected chi connectivity index (χ0v) is 15.9. The molecule has 1 aromatic heterocycles. The maximum absolute atomic E-state index is 13.5. The van der Waals surface area contributed by atoms with Gasteiger partial charge in [0, 0.05) is 24.4 Å². The van der Waals surface area contributed by atoms with Gasteiger partial charge in [-0.15, -0.1) is 0 Å². The van der Waals surface area contributed by atoms with Gasteiger partial charge in [0.15, 0.2) is 9.84 Å². The van der Waals surface area contributed by atoms with Crippen molar-refractivity contribution < 1.29 is 31.4 Å². The van der Waals surface area contributed by atoms with E-state index in [4.69, 9.17) is 4.74 Å². The lowest BCUT2D eigenvalue weighted by Gasteiger charge is -2.20. The molecule has 1 aromatic carbocycles. The van der Waals surface area contributed by atoms with Crippen molar-refractivity contribution in [3.63, 3.8) is 0 Å². The van der Waals surface area contributed by atoms with Gasteiger partial charge in [-0.1, -0.05) is 30.3 Å². The fourth-order valence-electron chi connectivity index (χ4n) is 2.43. The number of aromatic nitrogens is 1. The number of halogens is 3. The molecule has 0 spiro atoms. The summed E-state index contributed by atoms with van der Waals surface area (Å²) in [5.74, 6) is -0.423. The average Bonchev–Trinajstić information content (AvgIpc) is 2.52. The second kappa shape index (κ2) is 7.47. The first-order chi connectivity index (χ1) is 12.3. The van der Waals surface area contributed by atoms with Gasteiger partial charge < -0.3 is 9.84 Å². The average molecular weight is 403 g/mol. The van der Waals surface area contributed by atoms with Gasteiger partial charge in [-0.3, -0.25) is 0 Å². The Labute approximate surface area is 155 Å². The van der Waals surface area contributed by atoms with Gasteiger partial charge in [0.2, 0.25) is 5.88 Å². The third-order valence-corrected chi connectivity index (χ3v) is 4.81. The van der Waals surface area contributed by atoms with Crippen LogP contribution in [-0.2, 0) is 16.0 Å². The minimum absolute atomic E-state index is 0.0833. The topological polar surface area (TPSA) is 76.5 Å². The Morgan fingerprint density at radius 1 is 1.15 bits per heavy atom. The maximum atomic E-state index is 13.5. The first-order valence-electron chi connectivity index (χ1n) is 8.01. The van der Waals surface area contributed by atoms with Crippen LogP contribution in [0, 0.1) is 0 Å². The molecule has 2 rings (SSSR count). The number of nitrogens with zero attached hydrogens (tertiary/aromatic N) is 1. The fourth-order valence-corrected chi connectivity index (χ4v) is 3.45. The molecule has 148 valence electrons. The zero-order valence-electron chi connectivity index (χ0n) is 15.0. The van der Waals surface area contributed by atoms with Crippen LogP contribution in [0.3, 0.4) is 0 Å². The van der Waals surface area contributed by atoms with E-state index in [1.165, 1.54) is 38.1 Å². The minimum atomic E-state index is -4.80. The molecule has 0 fully saturated rings. The smallest absolute Gasteiger partial charge is 0.418 e. The Hall–Kier alpha value is -2.13. The Morgan fingerprint density at radius 2 is 1.74 bits per heavy atom. The van der Waals surface area contributed by atoms with Gasteiger partial charge in [-0.2, -0.15) is 13.2 Å². The van der Waals surface area contributed by atoms with Gasteiger partial charge >= 0.3 is 6.18 Å². The van der Waals surface area contributed by atoms with Gasteiger partial charge in [-0.05, 0) is 19.4 Å². The zero-order chi connectivity index (χ0) is 20.5. The highest BCUT2D eigenvalue weighted by Gasteiger charge is 2.38. The molecule has 0 atom stereocenters. The summed E-state index contributed by atoms with van der Waals surface area (Å²) in [7, 11) is -4.11. The number of sulfone groups is 1. The molecule has 1 N–H and O–H groups in total. The maximum Gasteiger partial charge on any atom is 0.418 e. The molecule has 0 aliphatic heterocycles. The van der Waals surface area contributed by atoms with E-state index in [1.54, 1.807) is 6.07 Å². The van der Waals surface area contributed by atoms with Crippen molar-refractivity contribution in [3.05, 3.63) is 42.1 Å². The lowest BCUT2D eigenvalue weighted by atomic mass is 10.0. The second-order valence-electron chi connectivity index (χ2n) is 6.73. The summed E-state index contributed by atoms with van der Waals surface area (Å²) >= 11 is 0. The van der Waals surface area contributed by atoms with Crippen LogP contribution in [0.25, 0.3) is 11.1 Å². The summed E-state index contributed by atoms with van der Waals surface area (Å²) in [6, 6.07) is 7.41. The largest absolute Gasteiger partial charge is 0.477 e. The van der Waals surface area contributed by atoms with Crippen LogP contribution in [0.2, 0.25) is 0 Å². The summed E-state index contributed by atoms with van der Waals surface area (Å²) in [5, 5.41) is 9.74. The molecule has 0 saturated carbocycles. The summed E-state index contributed by atoms with van der Waals surface area (Å²) in [6.07, 6.45) is -3.29. The number of alkyl halides is 3. The number of rotatable bonds is 6. The molecule has 9 heteroatoms. The number of hydrogen-bond donors (Lipinski definition) is 1. The molecule has 0 radical (unpaired) electrons. The van der Waals surface area contributed by atoms with Crippen LogP contribution in [0.1, 0.15) is 25.8 Å². The monoisotopic (exact) mass is 403 g/mol. The predicted octanol–water partition coefficient (Wildman–Crippen LogP) is 3.71. The van der Waals surface area contributed by atoms with E-state index in [0.29, 0.717) is 6.20 Å². The van der Waals surface area contributed by atoms with Crippen molar-refractivity contribution in [2.24, 2.45) is 0 Å². The second-order valence-corrected chi connectivity index (χ2v) is 8.68. The molecule has 0 bridgehead atoms. The molecule has 0 aliphatic carbocycles. The van der Waals surface area contributed by atoms with Gasteiger partial charge in [0.1, 0.15) is 4.90 Å². The molecule has 27 heavy (non-hydrogen) atoms.